The number of β-amino-alcohol motifs (C(OH)–C–C–N with tert-alkyl or cyclic N) is 1. The van der Waals surface area contributed by atoms with E-state index >= 15 is 0 Å². The quantitative estimate of drug-likeness (QED) is 0.387. The van der Waals surface area contributed by atoms with E-state index in [-0.39, 0.29) is 13.2 Å². The van der Waals surface area contributed by atoms with Crippen LogP contribution in [0.25, 0.3) is 0 Å². The first-order chi connectivity index (χ1) is 11.2. The molecule has 0 unspecified atom stereocenters. The van der Waals surface area contributed by atoms with E-state index < -0.39 is 5.97 Å². The molecule has 1 N–H and O–H groups in total. The molecule has 134 valence electrons. The normalized spacial score (nSPS) is 14.8. The summed E-state index contributed by atoms with van der Waals surface area (Å²) in [5.74, 6) is 0.0478. The van der Waals surface area contributed by atoms with Crippen LogP contribution in [0.15, 0.2) is 0 Å². The third kappa shape index (κ3) is 8.35. The smallest absolute Gasteiger partial charge is 0.247 e. The molecule has 1 aliphatic rings. The van der Waals surface area contributed by atoms with Crippen LogP contribution in [-0.4, -0.2) is 59.2 Å². The molecule has 0 aromatic carbocycles. The lowest BCUT2D eigenvalue weighted by Crippen LogP contribution is -2.36. The number of aliphatic hydroxyl groups excluding tert-OH is 1. The van der Waals surface area contributed by atoms with E-state index in [2.05, 4.69) is 11.8 Å². The van der Waals surface area contributed by atoms with Gasteiger partial charge in [-0.2, -0.15) is 0 Å². The van der Waals surface area contributed by atoms with Gasteiger partial charge in [-0.3, -0.25) is 9.48 Å². The highest BCUT2D eigenvalue weighted by Gasteiger charge is 2.29. The zero-order valence-corrected chi connectivity index (χ0v) is 14.8. The van der Waals surface area contributed by atoms with Crippen molar-refractivity contribution in [1.29, 1.82) is 0 Å². The van der Waals surface area contributed by atoms with Crippen LogP contribution in [0.3, 0.4) is 0 Å². The van der Waals surface area contributed by atoms with Gasteiger partial charge in [-0.15, -0.1) is 0 Å². The maximum atomic E-state index is 10.9. The second-order valence-corrected chi connectivity index (χ2v) is 6.50. The number of carboxylic acid groups (broad SMARTS) is 1. The Bertz CT molecular complexity index is 369. The molecule has 0 atom stereocenters. The van der Waals surface area contributed by atoms with E-state index in [4.69, 9.17) is 5.11 Å². The number of carbonyl (C=O) groups excluding carboxylic acids is 1. The Labute approximate surface area is 141 Å². The molecule has 0 saturated carbocycles. The van der Waals surface area contributed by atoms with Crippen molar-refractivity contribution in [2.75, 3.05) is 32.8 Å². The molecule has 1 heterocycles. The summed E-state index contributed by atoms with van der Waals surface area (Å²) in [6.07, 6.45) is 12.5. The van der Waals surface area contributed by atoms with Crippen LogP contribution < -0.4 is 5.11 Å². The zero-order chi connectivity index (χ0) is 16.9. The Hall–Kier alpha value is -1.10. The Morgan fingerprint density at radius 1 is 1.13 bits per heavy atom. The topological polar surface area (TPSA) is 66.6 Å². The highest BCUT2D eigenvalue weighted by atomic mass is 16.4. The van der Waals surface area contributed by atoms with Gasteiger partial charge in [0, 0.05) is 6.42 Å². The summed E-state index contributed by atoms with van der Waals surface area (Å²) in [6, 6.07) is 0. The van der Waals surface area contributed by atoms with Crippen molar-refractivity contribution in [3.05, 3.63) is 0 Å². The number of aliphatic hydroxyl groups is 1. The standard InChI is InChI=1S/C18H34N2O3/c1-2-3-4-5-6-7-8-9-10-11-17-19(14-15-21)12-13-20(17)16-18(22)23/h21H,2-16H2,1H3. The fourth-order valence-electron chi connectivity index (χ4n) is 3.30. The highest BCUT2D eigenvalue weighted by Crippen LogP contribution is 2.13. The molecule has 0 aromatic rings. The number of unbranched alkanes of at least 4 members (excludes halogenated alkanes) is 8. The van der Waals surface area contributed by atoms with Crippen LogP contribution in [0.2, 0.25) is 0 Å². The van der Waals surface area contributed by atoms with Gasteiger partial charge >= 0.3 is 0 Å². The molecular formula is C18H34N2O3. The molecule has 0 fully saturated rings. The summed E-state index contributed by atoms with van der Waals surface area (Å²) in [6.45, 7) is 4.44. The monoisotopic (exact) mass is 326 g/mol. The summed E-state index contributed by atoms with van der Waals surface area (Å²) in [5, 5.41) is 20.0. The number of hydrogen-bond donors (Lipinski definition) is 1. The maximum Gasteiger partial charge on any atom is 0.247 e. The molecule has 0 aliphatic carbocycles. The number of aliphatic carboxylic acids is 1. The van der Waals surface area contributed by atoms with E-state index in [9.17, 15) is 9.90 Å². The van der Waals surface area contributed by atoms with Crippen LogP contribution >= 0.6 is 0 Å². The van der Waals surface area contributed by atoms with Gasteiger partial charge in [0.15, 0.2) is 0 Å². The van der Waals surface area contributed by atoms with Gasteiger partial charge in [-0.25, -0.2) is 0 Å². The van der Waals surface area contributed by atoms with E-state index in [1.165, 1.54) is 51.4 Å². The molecular weight excluding hydrogens is 292 g/mol. The van der Waals surface area contributed by atoms with Crippen molar-refractivity contribution in [3.63, 3.8) is 0 Å². The lowest BCUT2D eigenvalue weighted by atomic mass is 10.1. The number of carboxylic acids is 1. The van der Waals surface area contributed by atoms with Gasteiger partial charge < -0.3 is 15.0 Å². The van der Waals surface area contributed by atoms with Gasteiger partial charge in [0.05, 0.1) is 12.6 Å². The summed E-state index contributed by atoms with van der Waals surface area (Å²) < 4.78 is 1.90. The molecule has 0 amide bonds. The van der Waals surface area contributed by atoms with Crippen molar-refractivity contribution in [1.82, 2.24) is 4.90 Å². The molecule has 1 rings (SSSR count). The molecule has 5 heteroatoms. The molecule has 23 heavy (non-hydrogen) atoms. The first-order valence-corrected chi connectivity index (χ1v) is 9.35. The van der Waals surface area contributed by atoms with Crippen molar-refractivity contribution >= 4 is 11.8 Å². The first kappa shape index (κ1) is 19.9. The Morgan fingerprint density at radius 2 is 1.74 bits per heavy atom. The molecule has 0 radical (unpaired) electrons. The van der Waals surface area contributed by atoms with Gasteiger partial charge in [-0.1, -0.05) is 58.3 Å². The predicted octanol–water partition coefficient (Wildman–Crippen LogP) is 1.38. The SMILES string of the molecule is CCCCCCCCCCCC1=[N+](CC(=O)[O-])CCN1CCO. The van der Waals surface area contributed by atoms with Crippen molar-refractivity contribution in [2.24, 2.45) is 0 Å². The maximum absolute atomic E-state index is 10.9. The number of rotatable bonds is 14. The van der Waals surface area contributed by atoms with Crippen molar-refractivity contribution in [2.45, 2.75) is 71.1 Å². The summed E-state index contributed by atoms with van der Waals surface area (Å²) in [7, 11) is 0. The molecule has 0 spiro atoms. The molecule has 0 aromatic heterocycles. The lowest BCUT2D eigenvalue weighted by molar-refractivity contribution is -0.520. The van der Waals surface area contributed by atoms with Crippen LogP contribution in [0.5, 0.6) is 0 Å². The highest BCUT2D eigenvalue weighted by molar-refractivity contribution is 5.79. The van der Waals surface area contributed by atoms with Gasteiger partial charge in [-0.05, 0) is 6.42 Å². The van der Waals surface area contributed by atoms with Gasteiger partial charge in [0.2, 0.25) is 5.84 Å². The average molecular weight is 326 g/mol. The van der Waals surface area contributed by atoms with E-state index in [1.807, 2.05) is 4.58 Å². The molecule has 0 bridgehead atoms. The predicted molar refractivity (Wildman–Crippen MR) is 90.5 cm³/mol. The minimum Gasteiger partial charge on any atom is -0.546 e. The molecule has 1 aliphatic heterocycles. The lowest BCUT2D eigenvalue weighted by Gasteiger charge is -2.12. The van der Waals surface area contributed by atoms with Crippen LogP contribution in [0.1, 0.15) is 71.1 Å². The Balaban J connectivity index is 2.24. The molecule has 0 saturated heterocycles. The second kappa shape index (κ2) is 12.3. The number of amidine groups is 1. The number of nitrogens with zero attached hydrogens (tertiary/aromatic N) is 2. The zero-order valence-electron chi connectivity index (χ0n) is 14.8. The van der Waals surface area contributed by atoms with E-state index in [0.717, 1.165) is 31.8 Å². The third-order valence-corrected chi connectivity index (χ3v) is 4.56. The van der Waals surface area contributed by atoms with Crippen molar-refractivity contribution in [3.8, 4) is 0 Å². The fraction of sp³-hybridized carbons (Fsp3) is 0.889. The van der Waals surface area contributed by atoms with E-state index in [1.54, 1.807) is 0 Å². The van der Waals surface area contributed by atoms with Gasteiger partial charge in [0.25, 0.3) is 0 Å². The van der Waals surface area contributed by atoms with Crippen molar-refractivity contribution < 1.29 is 19.6 Å². The van der Waals surface area contributed by atoms with E-state index in [0.29, 0.717) is 6.54 Å². The Kier molecular flexibility index (Phi) is 10.7. The van der Waals surface area contributed by atoms with Crippen LogP contribution in [-0.2, 0) is 4.79 Å². The largest absolute Gasteiger partial charge is 0.546 e. The minimum atomic E-state index is -1.03. The number of carbonyl (C=O) groups is 1. The second-order valence-electron chi connectivity index (χ2n) is 6.50. The van der Waals surface area contributed by atoms with Crippen LogP contribution in [0.4, 0.5) is 0 Å². The average Bonchev–Trinajstić information content (AvgIpc) is 2.87. The molecule has 5 nitrogen and oxygen atoms in total. The summed E-state index contributed by atoms with van der Waals surface area (Å²) >= 11 is 0. The van der Waals surface area contributed by atoms with Crippen LogP contribution in [0, 0.1) is 0 Å². The summed E-state index contributed by atoms with van der Waals surface area (Å²) in [4.78, 5) is 13.0. The summed E-state index contributed by atoms with van der Waals surface area (Å²) in [5.41, 5.74) is 0. The first-order valence-electron chi connectivity index (χ1n) is 9.35. The minimum absolute atomic E-state index is 0.0330. The fourth-order valence-corrected chi connectivity index (χ4v) is 3.30. The number of hydrogen-bond acceptors (Lipinski definition) is 4. The van der Waals surface area contributed by atoms with Gasteiger partial charge in [0.1, 0.15) is 26.2 Å². The Morgan fingerprint density at radius 3 is 2.30 bits per heavy atom. The third-order valence-electron chi connectivity index (χ3n) is 4.56.